The van der Waals surface area contributed by atoms with Crippen LogP contribution in [0.3, 0.4) is 0 Å². The lowest BCUT2D eigenvalue weighted by atomic mass is 9.63. The molecule has 0 spiro atoms. The van der Waals surface area contributed by atoms with E-state index >= 15 is 0 Å². The number of rotatable bonds is 11. The molecule has 0 N–H and O–H groups in total. The zero-order valence-corrected chi connectivity index (χ0v) is 19.3. The fourth-order valence-electron chi connectivity index (χ4n) is 5.42. The van der Waals surface area contributed by atoms with Crippen LogP contribution in [-0.4, -0.2) is 24.5 Å². The fourth-order valence-corrected chi connectivity index (χ4v) is 5.42. The van der Waals surface area contributed by atoms with Gasteiger partial charge >= 0.3 is 0 Å². The molecule has 2 aromatic carbocycles. The van der Waals surface area contributed by atoms with Crippen LogP contribution < -0.4 is 0 Å². The van der Waals surface area contributed by atoms with Crippen LogP contribution in [0, 0.1) is 28.9 Å². The van der Waals surface area contributed by atoms with Crippen LogP contribution in [0.4, 0.5) is 8.78 Å². The monoisotopic (exact) mass is 438 g/mol. The van der Waals surface area contributed by atoms with Gasteiger partial charge in [0.25, 0.3) is 0 Å². The van der Waals surface area contributed by atoms with Crippen molar-refractivity contribution in [3.8, 4) is 6.07 Å². The zero-order valence-electron chi connectivity index (χ0n) is 19.3. The number of benzene rings is 2. The normalized spacial score (nSPS) is 16.6. The smallest absolute Gasteiger partial charge is 0.130 e. The first kappa shape index (κ1) is 24.4. The lowest BCUT2D eigenvalue weighted by Crippen LogP contribution is -2.38. The Balaban J connectivity index is 1.74. The molecule has 1 atom stereocenters. The van der Waals surface area contributed by atoms with Gasteiger partial charge in [0.15, 0.2) is 0 Å². The van der Waals surface area contributed by atoms with Gasteiger partial charge in [0.1, 0.15) is 11.6 Å². The van der Waals surface area contributed by atoms with E-state index in [2.05, 4.69) is 42.2 Å². The standard InChI is InChI=1S/C28H36F2N2/c1-2-19-32(21-17-23-11-5-3-6-12-23)20-10-18-28(22-31,24-13-7-4-8-14-24)27-25(29)15-9-16-26(27)30/h3,5-6,9,11-12,15-16,24H,2,4,7-8,10,13-14,17-21H2,1H3. The SMILES string of the molecule is CCCN(CCCC(C#N)(c1c(F)cccc1F)C1CCCCC1)CCc1ccccc1. The maximum atomic E-state index is 14.9. The van der Waals surface area contributed by atoms with Crippen LogP contribution in [0.5, 0.6) is 0 Å². The van der Waals surface area contributed by atoms with E-state index in [0.717, 1.165) is 71.0 Å². The van der Waals surface area contributed by atoms with Crippen LogP contribution in [0.2, 0.25) is 0 Å². The van der Waals surface area contributed by atoms with Crippen LogP contribution >= 0.6 is 0 Å². The summed E-state index contributed by atoms with van der Waals surface area (Å²) in [6.45, 7) is 4.96. The average Bonchev–Trinajstić information content (AvgIpc) is 2.82. The van der Waals surface area contributed by atoms with Crippen molar-refractivity contribution < 1.29 is 8.78 Å². The quantitative estimate of drug-likeness (QED) is 0.376. The molecule has 0 amide bonds. The van der Waals surface area contributed by atoms with E-state index in [0.29, 0.717) is 6.42 Å². The minimum Gasteiger partial charge on any atom is -0.303 e. The highest BCUT2D eigenvalue weighted by Gasteiger charge is 2.44. The summed E-state index contributed by atoms with van der Waals surface area (Å²) >= 11 is 0. The molecule has 0 aliphatic heterocycles. The highest BCUT2D eigenvalue weighted by Crippen LogP contribution is 2.45. The highest BCUT2D eigenvalue weighted by atomic mass is 19.1. The summed E-state index contributed by atoms with van der Waals surface area (Å²) in [5.41, 5.74) is 0.226. The molecule has 32 heavy (non-hydrogen) atoms. The molecule has 0 radical (unpaired) electrons. The minimum atomic E-state index is -1.09. The molecular weight excluding hydrogens is 402 g/mol. The molecule has 0 bridgehead atoms. The van der Waals surface area contributed by atoms with Crippen molar-refractivity contribution in [2.75, 3.05) is 19.6 Å². The number of hydrogen-bond acceptors (Lipinski definition) is 2. The third kappa shape index (κ3) is 5.95. The van der Waals surface area contributed by atoms with Crippen molar-refractivity contribution in [1.29, 1.82) is 5.26 Å². The second-order valence-electron chi connectivity index (χ2n) is 9.20. The van der Waals surface area contributed by atoms with Crippen molar-refractivity contribution in [3.63, 3.8) is 0 Å². The highest BCUT2D eigenvalue weighted by molar-refractivity contribution is 5.36. The molecule has 1 saturated carbocycles. The molecule has 1 aliphatic rings. The van der Waals surface area contributed by atoms with Crippen LogP contribution in [-0.2, 0) is 11.8 Å². The fraction of sp³-hybridized carbons (Fsp3) is 0.536. The van der Waals surface area contributed by atoms with Crippen molar-refractivity contribution in [3.05, 3.63) is 71.3 Å². The van der Waals surface area contributed by atoms with Gasteiger partial charge in [-0.3, -0.25) is 0 Å². The van der Waals surface area contributed by atoms with E-state index in [1.165, 1.54) is 23.8 Å². The maximum Gasteiger partial charge on any atom is 0.130 e. The minimum absolute atomic E-state index is 0.000673. The van der Waals surface area contributed by atoms with Gasteiger partial charge in [0, 0.05) is 12.1 Å². The van der Waals surface area contributed by atoms with Crippen LogP contribution in [0.1, 0.15) is 69.4 Å². The van der Waals surface area contributed by atoms with E-state index in [-0.39, 0.29) is 11.5 Å². The zero-order chi connectivity index (χ0) is 22.8. The van der Waals surface area contributed by atoms with Crippen LogP contribution in [0.15, 0.2) is 48.5 Å². The maximum absolute atomic E-state index is 14.9. The van der Waals surface area contributed by atoms with E-state index in [4.69, 9.17) is 0 Å². The van der Waals surface area contributed by atoms with Gasteiger partial charge in [0.2, 0.25) is 0 Å². The Hall–Kier alpha value is -2.25. The van der Waals surface area contributed by atoms with Gasteiger partial charge in [0.05, 0.1) is 11.5 Å². The van der Waals surface area contributed by atoms with Crippen molar-refractivity contribution in [2.45, 2.75) is 70.1 Å². The van der Waals surface area contributed by atoms with Gasteiger partial charge in [-0.05, 0) is 75.2 Å². The first-order valence-corrected chi connectivity index (χ1v) is 12.2. The molecule has 2 nitrogen and oxygen atoms in total. The Morgan fingerprint density at radius 3 is 2.25 bits per heavy atom. The number of halogens is 2. The Labute approximate surface area is 192 Å². The number of hydrogen-bond donors (Lipinski definition) is 0. The van der Waals surface area contributed by atoms with E-state index in [1.54, 1.807) is 0 Å². The van der Waals surface area contributed by atoms with Crippen molar-refractivity contribution in [2.24, 2.45) is 5.92 Å². The molecule has 1 aliphatic carbocycles. The average molecular weight is 439 g/mol. The third-order valence-corrected chi connectivity index (χ3v) is 7.06. The third-order valence-electron chi connectivity index (χ3n) is 7.06. The van der Waals surface area contributed by atoms with Gasteiger partial charge in [-0.2, -0.15) is 5.26 Å². The summed E-state index contributed by atoms with van der Waals surface area (Å²) < 4.78 is 29.8. The molecule has 1 fully saturated rings. The summed E-state index contributed by atoms with van der Waals surface area (Å²) in [5.74, 6) is -1.14. The summed E-state index contributed by atoms with van der Waals surface area (Å²) in [6.07, 6.45) is 8.23. The Bertz CT molecular complexity index is 850. The second kappa shape index (κ2) is 12.1. The van der Waals surface area contributed by atoms with E-state index < -0.39 is 17.0 Å². The Kier molecular flexibility index (Phi) is 9.23. The second-order valence-corrected chi connectivity index (χ2v) is 9.20. The summed E-state index contributed by atoms with van der Waals surface area (Å²) in [7, 11) is 0. The molecule has 4 heteroatoms. The molecule has 0 saturated heterocycles. The first-order chi connectivity index (χ1) is 15.6. The van der Waals surface area contributed by atoms with Gasteiger partial charge in [-0.25, -0.2) is 8.78 Å². The lowest BCUT2D eigenvalue weighted by molar-refractivity contribution is 0.207. The largest absolute Gasteiger partial charge is 0.303 e. The topological polar surface area (TPSA) is 27.0 Å². The molecule has 3 rings (SSSR count). The molecule has 0 aromatic heterocycles. The summed E-state index contributed by atoms with van der Waals surface area (Å²) in [6, 6.07) is 16.9. The number of nitriles is 1. The predicted octanol–water partition coefficient (Wildman–Crippen LogP) is 7.04. The summed E-state index contributed by atoms with van der Waals surface area (Å²) in [4.78, 5) is 2.42. The summed E-state index contributed by atoms with van der Waals surface area (Å²) in [5, 5.41) is 10.4. The van der Waals surface area contributed by atoms with Crippen molar-refractivity contribution >= 4 is 0 Å². The van der Waals surface area contributed by atoms with Crippen LogP contribution in [0.25, 0.3) is 0 Å². The predicted molar refractivity (Wildman–Crippen MR) is 126 cm³/mol. The van der Waals surface area contributed by atoms with Crippen molar-refractivity contribution in [1.82, 2.24) is 4.90 Å². The Morgan fingerprint density at radius 1 is 0.938 bits per heavy atom. The van der Waals surface area contributed by atoms with Gasteiger partial charge in [-0.15, -0.1) is 0 Å². The first-order valence-electron chi connectivity index (χ1n) is 12.2. The van der Waals surface area contributed by atoms with E-state index in [9.17, 15) is 14.0 Å². The number of nitrogens with zero attached hydrogens (tertiary/aromatic N) is 2. The molecule has 172 valence electrons. The molecule has 1 unspecified atom stereocenters. The molecule has 0 heterocycles. The molecular formula is C28H36F2N2. The van der Waals surface area contributed by atoms with E-state index in [1.807, 2.05) is 6.07 Å². The van der Waals surface area contributed by atoms with Gasteiger partial charge in [-0.1, -0.05) is 62.6 Å². The lowest BCUT2D eigenvalue weighted by Gasteiger charge is -2.38. The van der Waals surface area contributed by atoms with Gasteiger partial charge < -0.3 is 4.90 Å². The Morgan fingerprint density at radius 2 is 1.62 bits per heavy atom. The molecule has 2 aromatic rings.